The minimum absolute atomic E-state index is 0.122. The van der Waals surface area contributed by atoms with E-state index in [2.05, 4.69) is 5.32 Å². The van der Waals surface area contributed by atoms with Crippen molar-refractivity contribution in [1.82, 2.24) is 5.32 Å². The molecule has 0 saturated heterocycles. The molecule has 1 aromatic heterocycles. The molecule has 0 aliphatic carbocycles. The van der Waals surface area contributed by atoms with Crippen molar-refractivity contribution in [2.45, 2.75) is 6.04 Å². The zero-order valence-electron chi connectivity index (χ0n) is 7.15. The first kappa shape index (κ1) is 9.76. The van der Waals surface area contributed by atoms with Gasteiger partial charge in [0.1, 0.15) is 5.76 Å². The second-order valence-corrected chi connectivity index (χ2v) is 2.53. The number of carboxylic acid groups (broad SMARTS) is 1. The Kier molecular flexibility index (Phi) is 3.05. The summed E-state index contributed by atoms with van der Waals surface area (Å²) in [7, 11) is 1.66. The number of likely N-dealkylation sites (N-methyl/N-ethyl adjacent to an activating group) is 1. The van der Waals surface area contributed by atoms with Crippen LogP contribution < -0.4 is 5.32 Å². The number of furan rings is 1. The van der Waals surface area contributed by atoms with E-state index in [1.54, 1.807) is 7.05 Å². The number of rotatable bonds is 4. The average molecular weight is 185 g/mol. The molecule has 5 heteroatoms. The van der Waals surface area contributed by atoms with Crippen molar-refractivity contribution in [3.63, 3.8) is 0 Å². The van der Waals surface area contributed by atoms with Crippen molar-refractivity contribution < 1.29 is 19.4 Å². The highest BCUT2D eigenvalue weighted by atomic mass is 16.4. The predicted molar refractivity (Wildman–Crippen MR) is 44.6 cm³/mol. The smallest absolute Gasteiger partial charge is 0.371 e. The Morgan fingerprint density at radius 1 is 1.69 bits per heavy atom. The molecule has 0 unspecified atom stereocenters. The lowest BCUT2D eigenvalue weighted by Gasteiger charge is -2.08. The van der Waals surface area contributed by atoms with Gasteiger partial charge in [-0.15, -0.1) is 0 Å². The maximum atomic E-state index is 10.4. The Balaban J connectivity index is 2.84. The van der Waals surface area contributed by atoms with Gasteiger partial charge in [-0.1, -0.05) is 0 Å². The summed E-state index contributed by atoms with van der Waals surface area (Å²) in [5.74, 6) is -0.815. The van der Waals surface area contributed by atoms with Gasteiger partial charge in [-0.2, -0.15) is 0 Å². The predicted octanol–water partition coefficient (Wildman–Crippen LogP) is 0.231. The number of aromatic carboxylic acids is 1. The largest absolute Gasteiger partial charge is 0.475 e. The first-order valence-corrected chi connectivity index (χ1v) is 3.80. The molecule has 0 amide bonds. The number of carboxylic acids is 1. The first-order valence-electron chi connectivity index (χ1n) is 3.80. The van der Waals surface area contributed by atoms with Gasteiger partial charge in [0.2, 0.25) is 5.76 Å². The van der Waals surface area contributed by atoms with E-state index in [1.807, 2.05) is 0 Å². The molecule has 0 spiro atoms. The van der Waals surface area contributed by atoms with Gasteiger partial charge in [0.05, 0.1) is 12.6 Å². The highest BCUT2D eigenvalue weighted by Gasteiger charge is 2.15. The van der Waals surface area contributed by atoms with Crippen LogP contribution in [0.5, 0.6) is 0 Å². The maximum absolute atomic E-state index is 10.4. The van der Waals surface area contributed by atoms with E-state index in [0.717, 1.165) is 0 Å². The molecule has 13 heavy (non-hydrogen) atoms. The van der Waals surface area contributed by atoms with Crippen LogP contribution in [0.1, 0.15) is 22.4 Å². The standard InChI is InChI=1S/C8H11NO4/c1-9-5(4-10)6-2-3-7(13-6)8(11)12/h2-3,5,9-10H,4H2,1H3,(H,11,12)/t5-/m1/s1. The number of carbonyl (C=O) groups is 1. The Hall–Kier alpha value is -1.33. The molecule has 0 aromatic carbocycles. The minimum atomic E-state index is -1.11. The Morgan fingerprint density at radius 3 is 2.77 bits per heavy atom. The van der Waals surface area contributed by atoms with Gasteiger partial charge in [0, 0.05) is 0 Å². The van der Waals surface area contributed by atoms with Gasteiger partial charge < -0.3 is 19.9 Å². The normalized spacial score (nSPS) is 12.8. The summed E-state index contributed by atoms with van der Waals surface area (Å²) >= 11 is 0. The summed E-state index contributed by atoms with van der Waals surface area (Å²) in [4.78, 5) is 10.4. The molecular formula is C8H11NO4. The number of hydrogen-bond acceptors (Lipinski definition) is 4. The Morgan fingerprint density at radius 2 is 2.38 bits per heavy atom. The molecule has 0 aliphatic rings. The lowest BCUT2D eigenvalue weighted by atomic mass is 10.2. The fraction of sp³-hybridized carbons (Fsp3) is 0.375. The number of aliphatic hydroxyl groups excluding tert-OH is 1. The van der Waals surface area contributed by atoms with Gasteiger partial charge in [-0.3, -0.25) is 0 Å². The van der Waals surface area contributed by atoms with E-state index in [0.29, 0.717) is 5.76 Å². The number of nitrogens with one attached hydrogen (secondary N) is 1. The third-order valence-electron chi connectivity index (χ3n) is 1.71. The highest BCUT2D eigenvalue weighted by molar-refractivity contribution is 5.84. The zero-order chi connectivity index (χ0) is 9.84. The fourth-order valence-electron chi connectivity index (χ4n) is 0.979. The van der Waals surface area contributed by atoms with Crippen molar-refractivity contribution in [2.24, 2.45) is 0 Å². The third-order valence-corrected chi connectivity index (χ3v) is 1.71. The summed E-state index contributed by atoms with van der Waals surface area (Å²) in [6, 6.07) is 2.53. The topological polar surface area (TPSA) is 82.7 Å². The van der Waals surface area contributed by atoms with Crippen molar-refractivity contribution in [1.29, 1.82) is 0 Å². The lowest BCUT2D eigenvalue weighted by Crippen LogP contribution is -2.19. The van der Waals surface area contributed by atoms with E-state index in [1.165, 1.54) is 12.1 Å². The third kappa shape index (κ3) is 2.07. The minimum Gasteiger partial charge on any atom is -0.475 e. The van der Waals surface area contributed by atoms with Crippen LogP contribution in [-0.4, -0.2) is 29.8 Å². The molecule has 72 valence electrons. The highest BCUT2D eigenvalue weighted by Crippen LogP contribution is 2.15. The number of hydrogen-bond donors (Lipinski definition) is 3. The molecular weight excluding hydrogens is 174 g/mol. The second-order valence-electron chi connectivity index (χ2n) is 2.53. The molecule has 3 N–H and O–H groups in total. The molecule has 0 saturated carbocycles. The summed E-state index contributed by atoms with van der Waals surface area (Å²) in [6.45, 7) is -0.136. The average Bonchev–Trinajstić information content (AvgIpc) is 2.56. The molecule has 1 heterocycles. The number of aliphatic hydroxyl groups is 1. The van der Waals surface area contributed by atoms with E-state index < -0.39 is 5.97 Å². The first-order chi connectivity index (χ1) is 6.19. The van der Waals surface area contributed by atoms with E-state index in [4.69, 9.17) is 14.6 Å². The SMILES string of the molecule is CN[C@H](CO)c1ccc(C(=O)O)o1. The maximum Gasteiger partial charge on any atom is 0.371 e. The van der Waals surface area contributed by atoms with Gasteiger partial charge >= 0.3 is 5.97 Å². The lowest BCUT2D eigenvalue weighted by molar-refractivity contribution is 0.0658. The summed E-state index contributed by atoms with van der Waals surface area (Å²) in [6.07, 6.45) is 0. The monoisotopic (exact) mass is 185 g/mol. The van der Waals surface area contributed by atoms with Gasteiger partial charge in [0.25, 0.3) is 0 Å². The van der Waals surface area contributed by atoms with Crippen LogP contribution >= 0.6 is 0 Å². The van der Waals surface area contributed by atoms with Crippen LogP contribution in [0.4, 0.5) is 0 Å². The van der Waals surface area contributed by atoms with E-state index in [-0.39, 0.29) is 18.4 Å². The molecule has 1 rings (SSSR count). The van der Waals surface area contributed by atoms with Crippen molar-refractivity contribution in [3.05, 3.63) is 23.7 Å². The van der Waals surface area contributed by atoms with Crippen LogP contribution in [0.2, 0.25) is 0 Å². The van der Waals surface area contributed by atoms with E-state index >= 15 is 0 Å². The van der Waals surface area contributed by atoms with Gasteiger partial charge in [-0.05, 0) is 19.2 Å². The molecule has 0 aliphatic heterocycles. The van der Waals surface area contributed by atoms with Gasteiger partial charge in [0.15, 0.2) is 0 Å². The molecule has 1 atom stereocenters. The summed E-state index contributed by atoms with van der Waals surface area (Å²) in [5, 5.41) is 20.2. The summed E-state index contributed by atoms with van der Waals surface area (Å²) in [5.41, 5.74) is 0. The van der Waals surface area contributed by atoms with Crippen LogP contribution in [0.3, 0.4) is 0 Å². The van der Waals surface area contributed by atoms with Crippen molar-refractivity contribution in [3.8, 4) is 0 Å². The molecule has 0 fully saturated rings. The summed E-state index contributed by atoms with van der Waals surface area (Å²) < 4.78 is 4.97. The Labute approximate surface area is 75.0 Å². The molecule has 1 aromatic rings. The Bertz CT molecular complexity index is 290. The second kappa shape index (κ2) is 4.06. The van der Waals surface area contributed by atoms with Crippen molar-refractivity contribution in [2.75, 3.05) is 13.7 Å². The van der Waals surface area contributed by atoms with Crippen LogP contribution in [0.25, 0.3) is 0 Å². The van der Waals surface area contributed by atoms with Crippen LogP contribution in [-0.2, 0) is 0 Å². The quantitative estimate of drug-likeness (QED) is 0.625. The van der Waals surface area contributed by atoms with Crippen LogP contribution in [0.15, 0.2) is 16.5 Å². The molecule has 0 bridgehead atoms. The molecule has 5 nitrogen and oxygen atoms in total. The fourth-order valence-corrected chi connectivity index (χ4v) is 0.979. The zero-order valence-corrected chi connectivity index (χ0v) is 7.15. The molecule has 0 radical (unpaired) electrons. The van der Waals surface area contributed by atoms with Crippen molar-refractivity contribution >= 4 is 5.97 Å². The van der Waals surface area contributed by atoms with Gasteiger partial charge in [-0.25, -0.2) is 4.79 Å². The van der Waals surface area contributed by atoms with Crippen LogP contribution in [0, 0.1) is 0 Å². The van der Waals surface area contributed by atoms with E-state index in [9.17, 15) is 4.79 Å².